The van der Waals surface area contributed by atoms with E-state index in [-0.39, 0.29) is 12.4 Å². The van der Waals surface area contributed by atoms with Gasteiger partial charge in [0.15, 0.2) is 0 Å². The average molecular weight is 316 g/mol. The van der Waals surface area contributed by atoms with Gasteiger partial charge in [-0.25, -0.2) is 4.79 Å². The predicted octanol–water partition coefficient (Wildman–Crippen LogP) is 4.37. The van der Waals surface area contributed by atoms with Crippen molar-refractivity contribution in [1.29, 1.82) is 0 Å². The average Bonchev–Trinajstić information content (AvgIpc) is 2.46. The van der Waals surface area contributed by atoms with E-state index in [1.165, 1.54) is 12.1 Å². The van der Waals surface area contributed by atoms with Gasteiger partial charge in [0.05, 0.1) is 18.8 Å². The molecule has 1 rings (SSSR count). The third kappa shape index (κ3) is 6.20. The summed E-state index contributed by atoms with van der Waals surface area (Å²) in [6.07, 6.45) is -2.65. The number of benzene rings is 1. The quantitative estimate of drug-likeness (QED) is 0.406. The molecular weight excluding hydrogens is 297 g/mol. The van der Waals surface area contributed by atoms with Crippen molar-refractivity contribution in [2.75, 3.05) is 13.2 Å². The molecule has 0 aliphatic carbocycles. The molecule has 0 bridgehead atoms. The molecule has 0 saturated carbocycles. The van der Waals surface area contributed by atoms with Crippen molar-refractivity contribution in [3.05, 3.63) is 42.0 Å². The van der Waals surface area contributed by atoms with E-state index in [1.54, 1.807) is 6.92 Å². The fourth-order valence-electron chi connectivity index (χ4n) is 1.73. The smallest absolute Gasteiger partial charge is 0.416 e. The fraction of sp³-hybridized carbons (Fsp3) is 0.438. The largest absolute Gasteiger partial charge is 0.494 e. The maximum absolute atomic E-state index is 12.5. The van der Waals surface area contributed by atoms with Gasteiger partial charge >= 0.3 is 12.1 Å². The summed E-state index contributed by atoms with van der Waals surface area (Å²) in [7, 11) is 0. The topological polar surface area (TPSA) is 35.5 Å². The van der Waals surface area contributed by atoms with Crippen molar-refractivity contribution >= 4 is 5.97 Å². The van der Waals surface area contributed by atoms with Gasteiger partial charge in [-0.05, 0) is 44.4 Å². The molecule has 3 nitrogen and oxygen atoms in total. The first-order valence-electron chi connectivity index (χ1n) is 6.99. The number of hydrogen-bond donors (Lipinski definition) is 0. The van der Waals surface area contributed by atoms with E-state index in [2.05, 4.69) is 6.58 Å². The molecule has 0 heterocycles. The molecule has 0 aromatic heterocycles. The number of rotatable bonds is 8. The first-order valence-corrected chi connectivity index (χ1v) is 6.99. The zero-order valence-corrected chi connectivity index (χ0v) is 12.4. The molecule has 0 aliphatic heterocycles. The molecule has 1 aromatic carbocycles. The monoisotopic (exact) mass is 316 g/mol. The number of carbonyl (C=O) groups excluding carboxylic acids is 1. The van der Waals surface area contributed by atoms with Gasteiger partial charge in [-0.15, -0.1) is 0 Å². The lowest BCUT2D eigenvalue weighted by Crippen LogP contribution is -2.07. The minimum Gasteiger partial charge on any atom is -0.494 e. The standard InChI is InChI=1S/C16H19F3O3/c1-3-21-15(20)12(2)7-4-5-10-22-14-9-6-8-13(11-14)16(17,18)19/h6,8-9,11H,2-5,7,10H2,1H3. The Bertz CT molecular complexity index is 510. The van der Waals surface area contributed by atoms with Crippen LogP contribution >= 0.6 is 0 Å². The van der Waals surface area contributed by atoms with Crippen LogP contribution in [-0.2, 0) is 15.7 Å². The van der Waals surface area contributed by atoms with Gasteiger partial charge in [0.2, 0.25) is 0 Å². The number of unbranched alkanes of at least 4 members (excludes halogenated alkanes) is 1. The Kier molecular flexibility index (Phi) is 6.95. The lowest BCUT2D eigenvalue weighted by atomic mass is 10.1. The summed E-state index contributed by atoms with van der Waals surface area (Å²) in [4.78, 5) is 11.3. The second-order valence-corrected chi connectivity index (χ2v) is 4.66. The van der Waals surface area contributed by atoms with Crippen molar-refractivity contribution < 1.29 is 27.4 Å². The fourth-order valence-corrected chi connectivity index (χ4v) is 1.73. The Morgan fingerprint density at radius 3 is 2.64 bits per heavy atom. The van der Waals surface area contributed by atoms with Crippen LogP contribution in [0.3, 0.4) is 0 Å². The van der Waals surface area contributed by atoms with E-state index >= 15 is 0 Å². The normalized spacial score (nSPS) is 11.1. The van der Waals surface area contributed by atoms with Crippen LogP contribution in [0.15, 0.2) is 36.4 Å². The molecule has 1 aromatic rings. The third-order valence-corrected chi connectivity index (χ3v) is 2.87. The third-order valence-electron chi connectivity index (χ3n) is 2.87. The summed E-state index contributed by atoms with van der Waals surface area (Å²) >= 11 is 0. The predicted molar refractivity (Wildman–Crippen MR) is 76.6 cm³/mol. The van der Waals surface area contributed by atoms with E-state index < -0.39 is 17.7 Å². The first kappa shape index (κ1) is 18.1. The van der Waals surface area contributed by atoms with Crippen molar-refractivity contribution in [2.45, 2.75) is 32.4 Å². The first-order chi connectivity index (χ1) is 10.3. The summed E-state index contributed by atoms with van der Waals surface area (Å²) in [6.45, 7) is 5.92. The number of alkyl halides is 3. The van der Waals surface area contributed by atoms with Gasteiger partial charge in [-0.1, -0.05) is 12.6 Å². The Morgan fingerprint density at radius 2 is 2.00 bits per heavy atom. The van der Waals surface area contributed by atoms with Crippen LogP contribution in [0, 0.1) is 0 Å². The number of carbonyl (C=O) groups is 1. The van der Waals surface area contributed by atoms with Crippen molar-refractivity contribution in [2.24, 2.45) is 0 Å². The molecule has 0 spiro atoms. The highest BCUT2D eigenvalue weighted by molar-refractivity contribution is 5.87. The number of ether oxygens (including phenoxy) is 2. The van der Waals surface area contributed by atoms with Crippen LogP contribution in [0.25, 0.3) is 0 Å². The molecule has 0 fully saturated rings. The van der Waals surface area contributed by atoms with Gasteiger partial charge in [0.25, 0.3) is 0 Å². The Morgan fingerprint density at radius 1 is 1.27 bits per heavy atom. The highest BCUT2D eigenvalue weighted by atomic mass is 19.4. The summed E-state index contributed by atoms with van der Waals surface area (Å²) in [5.74, 6) is -0.236. The van der Waals surface area contributed by atoms with Crippen LogP contribution in [-0.4, -0.2) is 19.2 Å². The van der Waals surface area contributed by atoms with Gasteiger partial charge in [-0.2, -0.15) is 13.2 Å². The Labute approximate surface area is 127 Å². The highest BCUT2D eigenvalue weighted by Gasteiger charge is 2.30. The molecule has 6 heteroatoms. The molecule has 0 amide bonds. The van der Waals surface area contributed by atoms with Crippen molar-refractivity contribution in [1.82, 2.24) is 0 Å². The summed E-state index contributed by atoms with van der Waals surface area (Å²) in [5.41, 5.74) is -0.346. The highest BCUT2D eigenvalue weighted by Crippen LogP contribution is 2.31. The lowest BCUT2D eigenvalue weighted by Gasteiger charge is -2.10. The van der Waals surface area contributed by atoms with Crippen LogP contribution < -0.4 is 4.74 Å². The lowest BCUT2D eigenvalue weighted by molar-refractivity contribution is -0.139. The Hall–Kier alpha value is -1.98. The van der Waals surface area contributed by atoms with Gasteiger partial charge in [0, 0.05) is 5.57 Å². The molecule has 0 N–H and O–H groups in total. The molecule has 0 saturated heterocycles. The number of hydrogen-bond acceptors (Lipinski definition) is 3. The van der Waals surface area contributed by atoms with Crippen LogP contribution in [0.1, 0.15) is 31.7 Å². The second-order valence-electron chi connectivity index (χ2n) is 4.66. The van der Waals surface area contributed by atoms with Crippen molar-refractivity contribution in [3.8, 4) is 5.75 Å². The van der Waals surface area contributed by atoms with E-state index in [0.717, 1.165) is 12.1 Å². The van der Waals surface area contributed by atoms with Crippen LogP contribution in [0.2, 0.25) is 0 Å². The van der Waals surface area contributed by atoms with E-state index in [9.17, 15) is 18.0 Å². The summed E-state index contributed by atoms with van der Waals surface area (Å²) in [5, 5.41) is 0. The molecular formula is C16H19F3O3. The van der Waals surface area contributed by atoms with Gasteiger partial charge < -0.3 is 9.47 Å². The number of halogens is 3. The molecule has 0 aliphatic rings. The molecule has 0 radical (unpaired) electrons. The summed E-state index contributed by atoms with van der Waals surface area (Å²) in [6, 6.07) is 4.75. The maximum Gasteiger partial charge on any atom is 0.416 e. The van der Waals surface area contributed by atoms with Crippen LogP contribution in [0.4, 0.5) is 13.2 Å². The zero-order chi connectivity index (χ0) is 16.6. The zero-order valence-electron chi connectivity index (χ0n) is 12.4. The molecule has 122 valence electrons. The second kappa shape index (κ2) is 8.46. The van der Waals surface area contributed by atoms with E-state index in [1.807, 2.05) is 0 Å². The van der Waals surface area contributed by atoms with Gasteiger partial charge in [-0.3, -0.25) is 0 Å². The van der Waals surface area contributed by atoms with Crippen molar-refractivity contribution in [3.63, 3.8) is 0 Å². The molecule has 0 unspecified atom stereocenters. The van der Waals surface area contributed by atoms with E-state index in [0.29, 0.717) is 31.4 Å². The number of esters is 1. The Balaban J connectivity index is 2.31. The minimum atomic E-state index is -4.38. The summed E-state index contributed by atoms with van der Waals surface area (Å²) < 4.78 is 47.7. The molecule has 22 heavy (non-hydrogen) atoms. The maximum atomic E-state index is 12.5. The minimum absolute atomic E-state index is 0.180. The van der Waals surface area contributed by atoms with E-state index in [4.69, 9.17) is 9.47 Å². The SMILES string of the molecule is C=C(CCCCOc1cccc(C(F)(F)F)c1)C(=O)OCC. The molecule has 0 atom stereocenters. The van der Waals surface area contributed by atoms with Gasteiger partial charge in [0.1, 0.15) is 5.75 Å². The van der Waals surface area contributed by atoms with Crippen LogP contribution in [0.5, 0.6) is 5.75 Å².